The highest BCUT2D eigenvalue weighted by atomic mass is 16.6. The van der Waals surface area contributed by atoms with Crippen molar-refractivity contribution < 1.29 is 14.5 Å². The van der Waals surface area contributed by atoms with Crippen molar-refractivity contribution in [2.45, 2.75) is 13.0 Å². The van der Waals surface area contributed by atoms with Crippen LogP contribution in [0.2, 0.25) is 0 Å². The van der Waals surface area contributed by atoms with E-state index in [9.17, 15) is 14.9 Å². The van der Waals surface area contributed by atoms with Crippen LogP contribution in [0.15, 0.2) is 18.2 Å². The van der Waals surface area contributed by atoms with Gasteiger partial charge in [-0.1, -0.05) is 0 Å². The Kier molecular flexibility index (Phi) is 4.75. The van der Waals surface area contributed by atoms with Crippen LogP contribution in [-0.2, 0) is 9.53 Å². The van der Waals surface area contributed by atoms with E-state index in [2.05, 4.69) is 5.32 Å². The maximum absolute atomic E-state index is 11.7. The van der Waals surface area contributed by atoms with Crippen LogP contribution in [0, 0.1) is 17.0 Å². The number of ether oxygens (including phenoxy) is 1. The molecule has 0 aromatic heterocycles. The maximum atomic E-state index is 11.7. The number of nitro benzene ring substituents is 1. The molecule has 1 aromatic carbocycles. The molecule has 0 aliphatic carbocycles. The first kappa shape index (κ1) is 14.1. The summed E-state index contributed by atoms with van der Waals surface area (Å²) in [5.41, 5.74) is 6.31. The summed E-state index contributed by atoms with van der Waals surface area (Å²) in [6.45, 7) is 1.67. The lowest BCUT2D eigenvalue weighted by Crippen LogP contribution is -2.35. The van der Waals surface area contributed by atoms with Crippen LogP contribution in [0.1, 0.15) is 5.56 Å². The van der Waals surface area contributed by atoms with Gasteiger partial charge in [-0.25, -0.2) is 0 Å². The zero-order chi connectivity index (χ0) is 13.7. The number of nitro groups is 1. The molecule has 0 saturated heterocycles. The summed E-state index contributed by atoms with van der Waals surface area (Å²) in [5.74, 6) is -0.381. The fraction of sp³-hybridized carbons (Fsp3) is 0.364. The number of carbonyl (C=O) groups is 1. The first-order chi connectivity index (χ1) is 8.49. The second-order valence-electron chi connectivity index (χ2n) is 3.71. The molecule has 7 heteroatoms. The molecule has 0 aliphatic heterocycles. The van der Waals surface area contributed by atoms with Gasteiger partial charge in [-0.3, -0.25) is 14.9 Å². The minimum atomic E-state index is -0.736. The predicted molar refractivity (Wildman–Crippen MR) is 66.3 cm³/mol. The van der Waals surface area contributed by atoms with Crippen molar-refractivity contribution in [2.75, 3.05) is 19.0 Å². The Labute approximate surface area is 104 Å². The molecule has 0 saturated carbocycles. The molecule has 0 heterocycles. The molecule has 1 rings (SSSR count). The second-order valence-corrected chi connectivity index (χ2v) is 3.71. The Hall–Kier alpha value is -1.99. The van der Waals surface area contributed by atoms with Gasteiger partial charge in [0.1, 0.15) is 6.10 Å². The lowest BCUT2D eigenvalue weighted by atomic mass is 10.2. The number of benzene rings is 1. The van der Waals surface area contributed by atoms with Gasteiger partial charge >= 0.3 is 0 Å². The molecule has 0 fully saturated rings. The molecule has 3 N–H and O–H groups in total. The van der Waals surface area contributed by atoms with E-state index < -0.39 is 11.0 Å². The topological polar surface area (TPSA) is 107 Å². The van der Waals surface area contributed by atoms with E-state index in [1.165, 1.54) is 25.3 Å². The van der Waals surface area contributed by atoms with Crippen LogP contribution in [0.5, 0.6) is 0 Å². The summed E-state index contributed by atoms with van der Waals surface area (Å²) >= 11 is 0. The van der Waals surface area contributed by atoms with E-state index in [-0.39, 0.29) is 18.1 Å². The summed E-state index contributed by atoms with van der Waals surface area (Å²) in [6.07, 6.45) is -0.736. The molecule has 1 aromatic rings. The third kappa shape index (κ3) is 3.25. The highest BCUT2D eigenvalue weighted by Gasteiger charge is 2.17. The number of nitrogens with one attached hydrogen (secondary N) is 1. The molecule has 18 heavy (non-hydrogen) atoms. The van der Waals surface area contributed by atoms with E-state index in [4.69, 9.17) is 10.5 Å². The molecule has 0 spiro atoms. The number of hydrogen-bond donors (Lipinski definition) is 2. The van der Waals surface area contributed by atoms with Gasteiger partial charge in [0.25, 0.3) is 11.6 Å². The van der Waals surface area contributed by atoms with Crippen LogP contribution in [0.3, 0.4) is 0 Å². The lowest BCUT2D eigenvalue weighted by Gasteiger charge is -2.13. The summed E-state index contributed by atoms with van der Waals surface area (Å²) in [6, 6.07) is 4.33. The quantitative estimate of drug-likeness (QED) is 0.596. The van der Waals surface area contributed by atoms with Crippen molar-refractivity contribution in [3.05, 3.63) is 33.9 Å². The zero-order valence-corrected chi connectivity index (χ0v) is 10.2. The van der Waals surface area contributed by atoms with Gasteiger partial charge < -0.3 is 15.8 Å². The third-order valence-corrected chi connectivity index (χ3v) is 2.45. The fourth-order valence-electron chi connectivity index (χ4n) is 1.47. The standard InChI is InChI=1S/C11H15N3O4/c1-7-5-8(3-4-9(7)14(16)17)13-11(15)10(6-12)18-2/h3-5,10H,6,12H2,1-2H3,(H,13,15). The van der Waals surface area contributed by atoms with E-state index in [0.717, 1.165) is 0 Å². The van der Waals surface area contributed by atoms with Gasteiger partial charge in [-0.2, -0.15) is 0 Å². The highest BCUT2D eigenvalue weighted by Crippen LogP contribution is 2.21. The maximum Gasteiger partial charge on any atom is 0.272 e. The summed E-state index contributed by atoms with van der Waals surface area (Å²) in [4.78, 5) is 21.8. The molecular formula is C11H15N3O4. The largest absolute Gasteiger partial charge is 0.370 e. The molecule has 7 nitrogen and oxygen atoms in total. The molecule has 98 valence electrons. The van der Waals surface area contributed by atoms with Crippen LogP contribution >= 0.6 is 0 Å². The monoisotopic (exact) mass is 253 g/mol. The number of hydrogen-bond acceptors (Lipinski definition) is 5. The second kappa shape index (κ2) is 6.08. The number of aryl methyl sites for hydroxylation is 1. The summed E-state index contributed by atoms with van der Waals surface area (Å²) in [5, 5.41) is 13.2. The van der Waals surface area contributed by atoms with Crippen molar-refractivity contribution in [3.63, 3.8) is 0 Å². The number of nitrogens with zero attached hydrogens (tertiary/aromatic N) is 1. The van der Waals surface area contributed by atoms with Gasteiger partial charge in [0.2, 0.25) is 0 Å². The summed E-state index contributed by atoms with van der Waals surface area (Å²) < 4.78 is 4.88. The SMILES string of the molecule is COC(CN)C(=O)Nc1ccc([N+](=O)[O-])c(C)c1. The molecule has 1 unspecified atom stereocenters. The van der Waals surface area contributed by atoms with Crippen molar-refractivity contribution in [2.24, 2.45) is 5.73 Å². The lowest BCUT2D eigenvalue weighted by molar-refractivity contribution is -0.385. The van der Waals surface area contributed by atoms with Gasteiger partial charge in [0.15, 0.2) is 0 Å². The van der Waals surface area contributed by atoms with E-state index in [1.54, 1.807) is 6.92 Å². The molecule has 1 amide bonds. The van der Waals surface area contributed by atoms with Gasteiger partial charge in [-0.15, -0.1) is 0 Å². The minimum absolute atomic E-state index is 0.00937. The zero-order valence-electron chi connectivity index (χ0n) is 10.2. The average molecular weight is 253 g/mol. The van der Waals surface area contributed by atoms with Crippen LogP contribution in [0.25, 0.3) is 0 Å². The van der Waals surface area contributed by atoms with Crippen LogP contribution in [-0.4, -0.2) is 30.6 Å². The van der Waals surface area contributed by atoms with E-state index in [1.807, 2.05) is 0 Å². The van der Waals surface area contributed by atoms with Crippen molar-refractivity contribution in [3.8, 4) is 0 Å². The van der Waals surface area contributed by atoms with Crippen molar-refractivity contribution >= 4 is 17.3 Å². The Morgan fingerprint density at radius 3 is 2.72 bits per heavy atom. The van der Waals surface area contributed by atoms with Gasteiger partial charge in [0.05, 0.1) is 4.92 Å². The van der Waals surface area contributed by atoms with Crippen LogP contribution in [0.4, 0.5) is 11.4 Å². The number of carbonyl (C=O) groups excluding carboxylic acids is 1. The van der Waals surface area contributed by atoms with Crippen molar-refractivity contribution in [1.29, 1.82) is 0 Å². The number of methoxy groups -OCH3 is 1. The van der Waals surface area contributed by atoms with Crippen LogP contribution < -0.4 is 11.1 Å². The smallest absolute Gasteiger partial charge is 0.272 e. The Morgan fingerprint density at radius 2 is 2.28 bits per heavy atom. The number of amides is 1. The van der Waals surface area contributed by atoms with Crippen molar-refractivity contribution in [1.82, 2.24) is 0 Å². The Morgan fingerprint density at radius 1 is 1.61 bits per heavy atom. The third-order valence-electron chi connectivity index (χ3n) is 2.45. The number of anilines is 1. The first-order valence-corrected chi connectivity index (χ1v) is 5.28. The molecule has 0 aliphatic rings. The van der Waals surface area contributed by atoms with Gasteiger partial charge in [-0.05, 0) is 19.1 Å². The molecule has 1 atom stereocenters. The minimum Gasteiger partial charge on any atom is -0.370 e. The number of rotatable bonds is 5. The highest BCUT2D eigenvalue weighted by molar-refractivity contribution is 5.94. The molecule has 0 radical (unpaired) electrons. The Bertz CT molecular complexity index is 458. The molecule has 0 bridgehead atoms. The normalized spacial score (nSPS) is 11.9. The predicted octanol–water partition coefficient (Wildman–Crippen LogP) is 0.815. The number of nitrogens with two attached hydrogens (primary N) is 1. The fourth-order valence-corrected chi connectivity index (χ4v) is 1.47. The molecular weight excluding hydrogens is 238 g/mol. The van der Waals surface area contributed by atoms with Gasteiger partial charge in [0, 0.05) is 31.0 Å². The summed E-state index contributed by atoms with van der Waals surface area (Å²) in [7, 11) is 1.39. The average Bonchev–Trinajstić information content (AvgIpc) is 2.30. The van der Waals surface area contributed by atoms with E-state index >= 15 is 0 Å². The van der Waals surface area contributed by atoms with E-state index in [0.29, 0.717) is 11.3 Å². The first-order valence-electron chi connectivity index (χ1n) is 5.28. The Balaban J connectivity index is 2.83.